The summed E-state index contributed by atoms with van der Waals surface area (Å²) in [6.45, 7) is 16.6. The van der Waals surface area contributed by atoms with E-state index in [9.17, 15) is 0 Å². The van der Waals surface area contributed by atoms with Crippen molar-refractivity contribution in [1.29, 1.82) is 0 Å². The van der Waals surface area contributed by atoms with Gasteiger partial charge in [0.15, 0.2) is 0 Å². The van der Waals surface area contributed by atoms with E-state index in [-0.39, 0.29) is 0 Å². The Hall–Kier alpha value is 0.177. The lowest BCUT2D eigenvalue weighted by Gasteiger charge is -2.39. The molecule has 0 bridgehead atoms. The second kappa shape index (κ2) is 6.80. The largest absolute Gasteiger partial charge is 0.335 e. The first kappa shape index (κ1) is 16.2. The zero-order valence-corrected chi connectivity index (χ0v) is 13.6. The lowest BCUT2D eigenvalue weighted by molar-refractivity contribution is 0.531. The highest BCUT2D eigenvalue weighted by molar-refractivity contribution is 6.77. The van der Waals surface area contributed by atoms with Crippen molar-refractivity contribution in [3.05, 3.63) is 0 Å². The molecule has 0 rings (SSSR count). The summed E-state index contributed by atoms with van der Waals surface area (Å²) < 4.78 is 0. The maximum absolute atomic E-state index is 3.91. The molecular formula is C14H33NSi. The van der Waals surface area contributed by atoms with E-state index in [1.807, 2.05) is 0 Å². The molecule has 0 spiro atoms. The normalized spacial score (nSPS) is 15.2. The minimum absolute atomic E-state index is 0.449. The molecule has 0 saturated carbocycles. The summed E-state index contributed by atoms with van der Waals surface area (Å²) in [6, 6.07) is 0.692. The van der Waals surface area contributed by atoms with Gasteiger partial charge in [-0.05, 0) is 17.5 Å². The predicted molar refractivity (Wildman–Crippen MR) is 78.6 cm³/mol. The Morgan fingerprint density at radius 1 is 1.06 bits per heavy atom. The summed E-state index contributed by atoms with van der Waals surface area (Å²) in [5.74, 6) is 0. The van der Waals surface area contributed by atoms with Crippen molar-refractivity contribution in [1.82, 2.24) is 4.98 Å². The average Bonchev–Trinajstić information content (AvgIpc) is 2.10. The van der Waals surface area contributed by atoms with Crippen LogP contribution in [0.5, 0.6) is 0 Å². The molecule has 1 atom stereocenters. The Labute approximate surface area is 104 Å². The minimum atomic E-state index is -1.29. The number of rotatable bonds is 7. The van der Waals surface area contributed by atoms with Gasteiger partial charge in [-0.2, -0.15) is 0 Å². The molecule has 0 aromatic rings. The van der Waals surface area contributed by atoms with Crippen LogP contribution in [0.25, 0.3) is 0 Å². The highest BCUT2D eigenvalue weighted by Crippen LogP contribution is 2.34. The summed E-state index contributed by atoms with van der Waals surface area (Å²) in [5, 5.41) is 0.449. The highest BCUT2D eigenvalue weighted by Gasteiger charge is 2.35. The average molecular weight is 244 g/mol. The molecular weight excluding hydrogens is 210 g/mol. The van der Waals surface area contributed by atoms with Crippen molar-refractivity contribution < 1.29 is 0 Å². The molecule has 0 aliphatic heterocycles. The number of unbranched alkanes of at least 4 members (excludes halogenated alkanes) is 3. The van der Waals surface area contributed by atoms with Gasteiger partial charge in [0.1, 0.15) is 8.24 Å². The fourth-order valence-corrected chi connectivity index (χ4v) is 3.59. The molecule has 0 radical (unpaired) electrons. The van der Waals surface area contributed by atoms with Gasteiger partial charge in [0.2, 0.25) is 0 Å². The maximum Gasteiger partial charge on any atom is 0.125 e. The molecule has 0 heterocycles. The van der Waals surface area contributed by atoms with E-state index in [0.29, 0.717) is 11.1 Å². The number of hydrogen-bond acceptors (Lipinski definition) is 1. The van der Waals surface area contributed by atoms with E-state index in [1.165, 1.54) is 32.1 Å². The van der Waals surface area contributed by atoms with Crippen LogP contribution in [0.1, 0.15) is 66.7 Å². The van der Waals surface area contributed by atoms with E-state index < -0.39 is 8.24 Å². The van der Waals surface area contributed by atoms with Gasteiger partial charge in [-0.1, -0.05) is 73.4 Å². The van der Waals surface area contributed by atoms with Gasteiger partial charge in [0.05, 0.1) is 0 Å². The molecule has 0 aromatic heterocycles. The summed E-state index contributed by atoms with van der Waals surface area (Å²) in [7, 11) is -1.29. The Morgan fingerprint density at radius 3 is 2.06 bits per heavy atom. The first-order valence-corrected chi connectivity index (χ1v) is 9.98. The third kappa shape index (κ3) is 6.05. The summed E-state index contributed by atoms with van der Waals surface area (Å²) in [4.78, 5) is 3.91. The molecule has 98 valence electrons. The van der Waals surface area contributed by atoms with Gasteiger partial charge in [0.25, 0.3) is 0 Å². The van der Waals surface area contributed by atoms with Crippen LogP contribution in [0.4, 0.5) is 0 Å². The van der Waals surface area contributed by atoms with E-state index >= 15 is 0 Å². The zero-order chi connectivity index (χ0) is 12.8. The van der Waals surface area contributed by atoms with Gasteiger partial charge in [0, 0.05) is 0 Å². The molecule has 16 heavy (non-hydrogen) atoms. The quantitative estimate of drug-likeness (QED) is 0.493. The van der Waals surface area contributed by atoms with Crippen LogP contribution in [-0.4, -0.2) is 14.3 Å². The topological polar surface area (TPSA) is 12.0 Å². The molecule has 0 saturated heterocycles. The maximum atomic E-state index is 3.91. The van der Waals surface area contributed by atoms with Crippen molar-refractivity contribution in [3.63, 3.8) is 0 Å². The fraction of sp³-hybridized carbons (Fsp3) is 1.00. The van der Waals surface area contributed by atoms with Gasteiger partial charge in [-0.25, -0.2) is 0 Å². The first-order valence-electron chi connectivity index (χ1n) is 6.98. The van der Waals surface area contributed by atoms with Gasteiger partial charge < -0.3 is 4.98 Å². The van der Waals surface area contributed by atoms with Gasteiger partial charge >= 0.3 is 0 Å². The smallest absolute Gasteiger partial charge is 0.125 e. The monoisotopic (exact) mass is 243 g/mol. The van der Waals surface area contributed by atoms with Crippen LogP contribution in [-0.2, 0) is 0 Å². The highest BCUT2D eigenvalue weighted by atomic mass is 28.3. The third-order valence-corrected chi connectivity index (χ3v) is 8.94. The lowest BCUT2D eigenvalue weighted by Crippen LogP contribution is -2.55. The lowest BCUT2D eigenvalue weighted by atomic mass is 10.1. The van der Waals surface area contributed by atoms with Gasteiger partial charge in [-0.15, -0.1) is 0 Å². The van der Waals surface area contributed by atoms with E-state index in [0.717, 1.165) is 0 Å². The number of hydrogen-bond donors (Lipinski definition) is 1. The Bertz CT molecular complexity index is 182. The standard InChI is InChI=1S/C14H33NSi/c1-8-9-10-11-12-13(2)15-16(6,7)14(3,4)5/h13,15H,8-12H2,1-7H3. The van der Waals surface area contributed by atoms with E-state index in [1.54, 1.807) is 0 Å². The van der Waals surface area contributed by atoms with Gasteiger partial charge in [-0.3, -0.25) is 0 Å². The molecule has 0 aliphatic carbocycles. The second-order valence-electron chi connectivity index (χ2n) is 6.77. The van der Waals surface area contributed by atoms with E-state index in [2.05, 4.69) is 52.7 Å². The van der Waals surface area contributed by atoms with Crippen LogP contribution in [0, 0.1) is 0 Å². The molecule has 2 heteroatoms. The van der Waals surface area contributed by atoms with Crippen molar-refractivity contribution >= 4 is 8.24 Å². The molecule has 1 nitrogen and oxygen atoms in total. The van der Waals surface area contributed by atoms with E-state index in [4.69, 9.17) is 0 Å². The summed E-state index contributed by atoms with van der Waals surface area (Å²) >= 11 is 0. The Kier molecular flexibility index (Phi) is 6.88. The Balaban J connectivity index is 3.90. The second-order valence-corrected chi connectivity index (χ2v) is 11.8. The molecule has 1 unspecified atom stereocenters. The minimum Gasteiger partial charge on any atom is -0.335 e. The SMILES string of the molecule is CCCCCCC(C)N[Si](C)(C)C(C)(C)C. The number of nitrogens with one attached hydrogen (secondary N) is 1. The summed E-state index contributed by atoms with van der Waals surface area (Å²) in [6.07, 6.45) is 6.86. The summed E-state index contributed by atoms with van der Waals surface area (Å²) in [5.41, 5.74) is 0. The fourth-order valence-electron chi connectivity index (χ4n) is 1.78. The molecule has 1 N–H and O–H groups in total. The molecule has 0 aromatic carbocycles. The van der Waals surface area contributed by atoms with Crippen LogP contribution in [0.3, 0.4) is 0 Å². The van der Waals surface area contributed by atoms with Crippen molar-refractivity contribution in [2.45, 2.75) is 90.9 Å². The first-order chi connectivity index (χ1) is 7.20. The van der Waals surface area contributed by atoms with Crippen LogP contribution in [0.2, 0.25) is 18.1 Å². The van der Waals surface area contributed by atoms with Crippen LogP contribution in [0.15, 0.2) is 0 Å². The Morgan fingerprint density at radius 2 is 1.62 bits per heavy atom. The van der Waals surface area contributed by atoms with Crippen molar-refractivity contribution in [3.8, 4) is 0 Å². The van der Waals surface area contributed by atoms with Crippen molar-refractivity contribution in [2.24, 2.45) is 0 Å². The van der Waals surface area contributed by atoms with Crippen LogP contribution < -0.4 is 4.98 Å². The van der Waals surface area contributed by atoms with Crippen LogP contribution >= 0.6 is 0 Å². The predicted octanol–water partition coefficient (Wildman–Crippen LogP) is 4.94. The molecule has 0 aliphatic rings. The third-order valence-electron chi connectivity index (χ3n) is 3.97. The zero-order valence-electron chi connectivity index (χ0n) is 12.6. The molecule has 0 amide bonds. The molecule has 0 fully saturated rings. The van der Waals surface area contributed by atoms with Crippen molar-refractivity contribution in [2.75, 3.05) is 0 Å².